The van der Waals surface area contributed by atoms with Gasteiger partial charge in [0, 0.05) is 6.42 Å². The van der Waals surface area contributed by atoms with Gasteiger partial charge in [-0.1, -0.05) is 12.1 Å². The average Bonchev–Trinajstić information content (AvgIpc) is 2.88. The second kappa shape index (κ2) is 6.24. The van der Waals surface area contributed by atoms with Crippen LogP contribution in [0.1, 0.15) is 23.4 Å². The highest BCUT2D eigenvalue weighted by Crippen LogP contribution is 2.09. The Morgan fingerprint density at radius 2 is 2.11 bits per heavy atom. The minimum Gasteiger partial charge on any atom is -0.217 e. The van der Waals surface area contributed by atoms with Crippen LogP contribution in [0.15, 0.2) is 41.9 Å². The van der Waals surface area contributed by atoms with Crippen molar-refractivity contribution in [3.63, 3.8) is 0 Å². The average molecular weight is 252 g/mol. The third-order valence-corrected chi connectivity index (χ3v) is 2.78. The summed E-state index contributed by atoms with van der Waals surface area (Å²) in [6.45, 7) is 0. The SMILES string of the molecule is N#Cc1ccc(CCCc2nccn2N=[N+]=[N-])cc1. The molecule has 0 unspecified atom stereocenters. The van der Waals surface area contributed by atoms with E-state index in [0.29, 0.717) is 5.56 Å². The summed E-state index contributed by atoms with van der Waals surface area (Å²) >= 11 is 0. The third-order valence-electron chi connectivity index (χ3n) is 2.78. The zero-order valence-corrected chi connectivity index (χ0v) is 10.3. The number of hydrogen-bond donors (Lipinski definition) is 0. The molecule has 0 fully saturated rings. The quantitative estimate of drug-likeness (QED) is 0.465. The first-order valence-corrected chi connectivity index (χ1v) is 5.90. The van der Waals surface area contributed by atoms with Gasteiger partial charge in [0.1, 0.15) is 6.20 Å². The largest absolute Gasteiger partial charge is 0.217 e. The fourth-order valence-corrected chi connectivity index (χ4v) is 1.83. The Balaban J connectivity index is 1.91. The van der Waals surface area contributed by atoms with E-state index in [4.69, 9.17) is 10.8 Å². The minimum atomic E-state index is 0.669. The van der Waals surface area contributed by atoms with Crippen molar-refractivity contribution >= 4 is 0 Å². The Hall–Kier alpha value is -2.77. The van der Waals surface area contributed by atoms with E-state index >= 15 is 0 Å². The molecule has 2 rings (SSSR count). The third kappa shape index (κ3) is 3.35. The van der Waals surface area contributed by atoms with Gasteiger partial charge < -0.3 is 0 Å². The summed E-state index contributed by atoms with van der Waals surface area (Å²) < 4.78 is 1.44. The highest BCUT2D eigenvalue weighted by molar-refractivity contribution is 5.31. The van der Waals surface area contributed by atoms with Crippen molar-refractivity contribution in [3.05, 3.63) is 64.1 Å². The zero-order chi connectivity index (χ0) is 13.5. The van der Waals surface area contributed by atoms with Gasteiger partial charge in [0.25, 0.3) is 0 Å². The first kappa shape index (κ1) is 12.7. The fourth-order valence-electron chi connectivity index (χ4n) is 1.83. The van der Waals surface area contributed by atoms with Crippen molar-refractivity contribution in [3.8, 4) is 6.07 Å². The van der Waals surface area contributed by atoms with Gasteiger partial charge in [0.2, 0.25) is 5.82 Å². The number of nitriles is 1. The normalized spacial score (nSPS) is 9.63. The zero-order valence-electron chi connectivity index (χ0n) is 10.3. The summed E-state index contributed by atoms with van der Waals surface area (Å²) in [5.41, 5.74) is 10.2. The molecule has 0 atom stereocenters. The number of benzene rings is 1. The molecule has 0 spiro atoms. The Morgan fingerprint density at radius 1 is 1.32 bits per heavy atom. The summed E-state index contributed by atoms with van der Waals surface area (Å²) in [5, 5.41) is 12.2. The standard InChI is InChI=1S/C13H12N6/c14-10-12-6-4-11(5-7-12)2-1-3-13-16-8-9-19(13)18-17-15/h4-9H,1-3H2. The summed E-state index contributed by atoms with van der Waals surface area (Å²) in [6.07, 6.45) is 5.80. The molecule has 94 valence electrons. The lowest BCUT2D eigenvalue weighted by atomic mass is 10.1. The first-order chi connectivity index (χ1) is 9.33. The molecule has 0 bridgehead atoms. The first-order valence-electron chi connectivity index (χ1n) is 5.90. The fraction of sp³-hybridized carbons (Fsp3) is 0.231. The van der Waals surface area contributed by atoms with Crippen molar-refractivity contribution < 1.29 is 0 Å². The lowest BCUT2D eigenvalue weighted by Gasteiger charge is -2.00. The summed E-state index contributed by atoms with van der Waals surface area (Å²) in [5.74, 6) is 0.756. The van der Waals surface area contributed by atoms with Gasteiger partial charge in [-0.25, -0.2) is 4.98 Å². The molecular formula is C13H12N6. The molecular weight excluding hydrogens is 240 g/mol. The maximum absolute atomic E-state index is 8.71. The molecule has 0 saturated carbocycles. The molecule has 0 aliphatic carbocycles. The van der Waals surface area contributed by atoms with Gasteiger partial charge in [0.05, 0.1) is 17.8 Å². The Labute approximate surface area is 110 Å². The molecule has 0 saturated heterocycles. The van der Waals surface area contributed by atoms with Gasteiger partial charge in [-0.05, 0) is 35.8 Å². The van der Waals surface area contributed by atoms with Crippen LogP contribution >= 0.6 is 0 Å². The van der Waals surface area contributed by atoms with Crippen LogP contribution in [-0.4, -0.2) is 9.66 Å². The molecule has 6 nitrogen and oxygen atoms in total. The van der Waals surface area contributed by atoms with Crippen LogP contribution in [0.2, 0.25) is 0 Å². The van der Waals surface area contributed by atoms with E-state index in [-0.39, 0.29) is 0 Å². The van der Waals surface area contributed by atoms with Crippen LogP contribution < -0.4 is 0 Å². The maximum Gasteiger partial charge on any atom is 0.204 e. The monoisotopic (exact) mass is 252 g/mol. The van der Waals surface area contributed by atoms with Crippen molar-refractivity contribution in [1.82, 2.24) is 9.66 Å². The number of hydrogen-bond acceptors (Lipinski definition) is 3. The van der Waals surface area contributed by atoms with Crippen molar-refractivity contribution in [1.29, 1.82) is 5.26 Å². The Bertz CT molecular complexity index is 628. The lowest BCUT2D eigenvalue weighted by molar-refractivity contribution is 0.708. The van der Waals surface area contributed by atoms with E-state index in [0.717, 1.165) is 25.1 Å². The van der Waals surface area contributed by atoms with Gasteiger partial charge in [0.15, 0.2) is 0 Å². The van der Waals surface area contributed by atoms with Crippen LogP contribution in [0.25, 0.3) is 10.4 Å². The number of aromatic nitrogens is 2. The second-order valence-electron chi connectivity index (χ2n) is 4.03. The van der Waals surface area contributed by atoms with Gasteiger partial charge >= 0.3 is 0 Å². The molecule has 0 aliphatic heterocycles. The molecule has 19 heavy (non-hydrogen) atoms. The maximum atomic E-state index is 8.71. The molecule has 0 N–H and O–H groups in total. The second-order valence-corrected chi connectivity index (χ2v) is 4.03. The number of imidazole rings is 1. The van der Waals surface area contributed by atoms with E-state index < -0.39 is 0 Å². The Kier molecular flexibility index (Phi) is 4.17. The van der Waals surface area contributed by atoms with Gasteiger partial charge in [-0.2, -0.15) is 14.8 Å². The predicted molar refractivity (Wildman–Crippen MR) is 70.0 cm³/mol. The number of azide groups is 1. The van der Waals surface area contributed by atoms with Gasteiger partial charge in [-0.15, -0.1) is 5.53 Å². The van der Waals surface area contributed by atoms with E-state index in [2.05, 4.69) is 21.2 Å². The lowest BCUT2D eigenvalue weighted by Crippen LogP contribution is -1.98. The van der Waals surface area contributed by atoms with E-state index in [1.165, 1.54) is 10.2 Å². The molecule has 0 amide bonds. The van der Waals surface area contributed by atoms with Crippen LogP contribution in [0.5, 0.6) is 0 Å². The molecule has 6 heteroatoms. The summed E-state index contributed by atoms with van der Waals surface area (Å²) in [7, 11) is 0. The smallest absolute Gasteiger partial charge is 0.204 e. The van der Waals surface area contributed by atoms with Crippen LogP contribution in [-0.2, 0) is 12.8 Å². The predicted octanol–water partition coefficient (Wildman–Crippen LogP) is 3.00. The van der Waals surface area contributed by atoms with Crippen LogP contribution in [0.3, 0.4) is 0 Å². The summed E-state index contributed by atoms with van der Waals surface area (Å²) in [4.78, 5) is 6.89. The number of nitrogens with zero attached hydrogens (tertiary/aromatic N) is 6. The Morgan fingerprint density at radius 3 is 2.79 bits per heavy atom. The molecule has 2 aromatic rings. The highest BCUT2D eigenvalue weighted by Gasteiger charge is 2.05. The molecule has 0 radical (unpaired) electrons. The van der Waals surface area contributed by atoms with Crippen LogP contribution in [0, 0.1) is 11.3 Å². The molecule has 1 heterocycles. The highest BCUT2D eigenvalue weighted by atomic mass is 15.5. The number of aryl methyl sites for hydroxylation is 2. The molecule has 0 aliphatic rings. The van der Waals surface area contributed by atoms with Crippen LogP contribution in [0.4, 0.5) is 0 Å². The van der Waals surface area contributed by atoms with Gasteiger partial charge in [-0.3, -0.25) is 0 Å². The van der Waals surface area contributed by atoms with Crippen molar-refractivity contribution in [2.75, 3.05) is 0 Å². The molecule has 1 aromatic carbocycles. The minimum absolute atomic E-state index is 0.669. The summed E-state index contributed by atoms with van der Waals surface area (Å²) in [6, 6.07) is 9.64. The van der Waals surface area contributed by atoms with E-state index in [9.17, 15) is 0 Å². The van der Waals surface area contributed by atoms with Crippen molar-refractivity contribution in [2.45, 2.75) is 19.3 Å². The topological polar surface area (TPSA) is 90.4 Å². The number of rotatable bonds is 5. The van der Waals surface area contributed by atoms with E-state index in [1.807, 2.05) is 24.3 Å². The van der Waals surface area contributed by atoms with Crippen molar-refractivity contribution in [2.24, 2.45) is 5.22 Å². The van der Waals surface area contributed by atoms with E-state index in [1.54, 1.807) is 12.4 Å². The molecule has 1 aromatic heterocycles.